The maximum absolute atomic E-state index is 13.5. The summed E-state index contributed by atoms with van der Waals surface area (Å²) >= 11 is 0. The van der Waals surface area contributed by atoms with E-state index in [1.54, 1.807) is 19.1 Å². The fourth-order valence-electron chi connectivity index (χ4n) is 3.55. The molecule has 1 unspecified atom stereocenters. The van der Waals surface area contributed by atoms with Crippen molar-refractivity contribution in [3.8, 4) is 0 Å². The third-order valence-corrected chi connectivity index (χ3v) is 6.71. The quantitative estimate of drug-likeness (QED) is 0.461. The molecule has 0 radical (unpaired) electrons. The van der Waals surface area contributed by atoms with Gasteiger partial charge in [-0.3, -0.25) is 13.9 Å². The summed E-state index contributed by atoms with van der Waals surface area (Å²) in [6.07, 6.45) is 3.36. The number of rotatable bonds is 12. The van der Waals surface area contributed by atoms with Gasteiger partial charge in [-0.05, 0) is 49.1 Å². The summed E-state index contributed by atoms with van der Waals surface area (Å²) in [5, 5.41) is 2.82. The van der Waals surface area contributed by atoms with Gasteiger partial charge in [0, 0.05) is 13.1 Å². The summed E-state index contributed by atoms with van der Waals surface area (Å²) < 4.78 is 39.8. The van der Waals surface area contributed by atoms with Crippen LogP contribution in [0.5, 0.6) is 0 Å². The number of para-hydroxylation sites is 1. The number of benzene rings is 2. The Bertz CT molecular complexity index is 1070. The number of anilines is 1. The second-order valence-corrected chi connectivity index (χ2v) is 10.1. The van der Waals surface area contributed by atoms with Crippen molar-refractivity contribution in [1.82, 2.24) is 10.2 Å². The Balaban J connectivity index is 2.37. The summed E-state index contributed by atoms with van der Waals surface area (Å²) in [5.74, 6) is -1.27. The molecule has 0 bridgehead atoms. The lowest BCUT2D eigenvalue weighted by molar-refractivity contribution is -0.139. The molecule has 2 aromatic carbocycles. The van der Waals surface area contributed by atoms with Gasteiger partial charge in [0.2, 0.25) is 21.8 Å². The van der Waals surface area contributed by atoms with Gasteiger partial charge >= 0.3 is 0 Å². The molecule has 0 saturated heterocycles. The van der Waals surface area contributed by atoms with Crippen LogP contribution in [0.15, 0.2) is 48.5 Å². The number of nitrogens with zero attached hydrogens (tertiary/aromatic N) is 2. The van der Waals surface area contributed by atoms with Gasteiger partial charge in [0.1, 0.15) is 18.4 Å². The third-order valence-electron chi connectivity index (χ3n) is 5.58. The minimum atomic E-state index is -3.79. The van der Waals surface area contributed by atoms with Crippen LogP contribution in [-0.4, -0.2) is 50.5 Å². The predicted molar refractivity (Wildman–Crippen MR) is 132 cm³/mol. The van der Waals surface area contributed by atoms with Crippen molar-refractivity contribution in [3.63, 3.8) is 0 Å². The van der Waals surface area contributed by atoms with E-state index in [2.05, 4.69) is 5.32 Å². The van der Waals surface area contributed by atoms with Gasteiger partial charge in [0.15, 0.2) is 0 Å². The average molecular weight is 492 g/mol. The third kappa shape index (κ3) is 7.55. The fraction of sp³-hybridized carbons (Fsp3) is 0.440. The van der Waals surface area contributed by atoms with Crippen LogP contribution < -0.4 is 9.62 Å². The molecule has 0 aliphatic rings. The van der Waals surface area contributed by atoms with Crippen LogP contribution in [-0.2, 0) is 32.6 Å². The lowest BCUT2D eigenvalue weighted by atomic mass is 10.1. The lowest BCUT2D eigenvalue weighted by Crippen LogP contribution is -2.51. The lowest BCUT2D eigenvalue weighted by Gasteiger charge is -2.32. The number of unbranched alkanes of at least 4 members (excludes halogenated alkanes) is 1. The maximum atomic E-state index is 13.5. The number of sulfonamides is 1. The molecule has 0 spiro atoms. The normalized spacial score (nSPS) is 12.1. The van der Waals surface area contributed by atoms with E-state index in [1.165, 1.54) is 29.2 Å². The Morgan fingerprint density at radius 1 is 1.06 bits per heavy atom. The Labute approximate surface area is 202 Å². The number of amides is 2. The topological polar surface area (TPSA) is 86.8 Å². The molecule has 0 heterocycles. The minimum Gasteiger partial charge on any atom is -0.354 e. The highest BCUT2D eigenvalue weighted by molar-refractivity contribution is 7.92. The first-order valence-electron chi connectivity index (χ1n) is 11.5. The molecule has 7 nitrogen and oxygen atoms in total. The van der Waals surface area contributed by atoms with Gasteiger partial charge in [-0.25, -0.2) is 12.8 Å². The number of carbonyl (C=O) groups is 2. The monoisotopic (exact) mass is 491 g/mol. The SMILES string of the molecule is CCCCNC(=O)C(C)N(Cc1ccc(F)cc1)C(=O)CN(c1ccccc1CC)S(C)(=O)=O. The van der Waals surface area contributed by atoms with E-state index >= 15 is 0 Å². The van der Waals surface area contributed by atoms with E-state index in [0.717, 1.165) is 29.0 Å². The molecule has 1 N–H and O–H groups in total. The van der Waals surface area contributed by atoms with Crippen LogP contribution in [0.3, 0.4) is 0 Å². The predicted octanol–water partition coefficient (Wildman–Crippen LogP) is 3.49. The molecule has 186 valence electrons. The highest BCUT2D eigenvalue weighted by Gasteiger charge is 2.30. The molecule has 34 heavy (non-hydrogen) atoms. The molecule has 0 fully saturated rings. The summed E-state index contributed by atoms with van der Waals surface area (Å²) in [5.41, 5.74) is 1.85. The van der Waals surface area contributed by atoms with Crippen LogP contribution >= 0.6 is 0 Å². The standard InChI is InChI=1S/C25H34FN3O4S/c1-5-7-16-27-25(31)19(3)28(17-20-12-14-22(26)15-13-20)24(30)18-29(34(4,32)33)23-11-9-8-10-21(23)6-2/h8-15,19H,5-7,16-18H2,1-4H3,(H,27,31). The first-order valence-corrected chi connectivity index (χ1v) is 13.3. The zero-order valence-electron chi connectivity index (χ0n) is 20.3. The summed E-state index contributed by atoms with van der Waals surface area (Å²) in [6, 6.07) is 11.8. The summed E-state index contributed by atoms with van der Waals surface area (Å²) in [6.45, 7) is 5.59. The molecule has 9 heteroatoms. The van der Waals surface area contributed by atoms with Crippen LogP contribution in [0.4, 0.5) is 10.1 Å². The summed E-state index contributed by atoms with van der Waals surface area (Å²) in [7, 11) is -3.79. The van der Waals surface area contributed by atoms with Crippen molar-refractivity contribution in [2.24, 2.45) is 0 Å². The van der Waals surface area contributed by atoms with Gasteiger partial charge in [0.05, 0.1) is 11.9 Å². The van der Waals surface area contributed by atoms with Crippen molar-refractivity contribution < 1.29 is 22.4 Å². The van der Waals surface area contributed by atoms with Crippen LogP contribution in [0.2, 0.25) is 0 Å². The van der Waals surface area contributed by atoms with E-state index in [9.17, 15) is 22.4 Å². The number of nitrogens with one attached hydrogen (secondary N) is 1. The number of hydrogen-bond acceptors (Lipinski definition) is 4. The molecule has 2 rings (SSSR count). The number of aryl methyl sites for hydroxylation is 1. The molecule has 1 atom stereocenters. The van der Waals surface area contributed by atoms with E-state index in [-0.39, 0.29) is 12.5 Å². The smallest absolute Gasteiger partial charge is 0.244 e. The van der Waals surface area contributed by atoms with Gasteiger partial charge in [0.25, 0.3) is 0 Å². The van der Waals surface area contributed by atoms with Crippen LogP contribution in [0.25, 0.3) is 0 Å². The van der Waals surface area contributed by atoms with Gasteiger partial charge < -0.3 is 10.2 Å². The molecule has 0 saturated carbocycles. The van der Waals surface area contributed by atoms with Crippen LogP contribution in [0, 0.1) is 5.82 Å². The highest BCUT2D eigenvalue weighted by atomic mass is 32.2. The van der Waals surface area contributed by atoms with Gasteiger partial charge in [-0.15, -0.1) is 0 Å². The average Bonchev–Trinajstić information content (AvgIpc) is 2.81. The van der Waals surface area contributed by atoms with Gasteiger partial charge in [-0.2, -0.15) is 0 Å². The van der Waals surface area contributed by atoms with Crippen molar-refractivity contribution in [2.75, 3.05) is 23.7 Å². The second-order valence-electron chi connectivity index (χ2n) is 8.22. The Morgan fingerprint density at radius 3 is 2.29 bits per heavy atom. The molecule has 0 aliphatic heterocycles. The zero-order valence-corrected chi connectivity index (χ0v) is 21.1. The number of carbonyl (C=O) groups excluding carboxylic acids is 2. The second kappa shape index (κ2) is 12.5. The molecule has 2 amide bonds. The van der Waals surface area contributed by atoms with Gasteiger partial charge in [-0.1, -0.05) is 50.6 Å². The van der Waals surface area contributed by atoms with Crippen LogP contribution in [0.1, 0.15) is 44.7 Å². The Morgan fingerprint density at radius 2 is 1.71 bits per heavy atom. The first-order chi connectivity index (χ1) is 16.1. The Hall–Kier alpha value is -2.94. The van der Waals surface area contributed by atoms with E-state index in [1.807, 2.05) is 26.0 Å². The Kier molecular flexibility index (Phi) is 10.0. The molecule has 0 aromatic heterocycles. The van der Waals surface area contributed by atoms with Crippen molar-refractivity contribution in [1.29, 1.82) is 0 Å². The maximum Gasteiger partial charge on any atom is 0.244 e. The van der Waals surface area contributed by atoms with E-state index < -0.39 is 34.3 Å². The molecule has 2 aromatic rings. The molecular formula is C25H34FN3O4S. The number of halogens is 1. The zero-order chi connectivity index (χ0) is 25.3. The molecule has 0 aliphatic carbocycles. The minimum absolute atomic E-state index is 0.0362. The highest BCUT2D eigenvalue weighted by Crippen LogP contribution is 2.24. The summed E-state index contributed by atoms with van der Waals surface area (Å²) in [4.78, 5) is 27.6. The van der Waals surface area contributed by atoms with Crippen molar-refractivity contribution in [3.05, 3.63) is 65.5 Å². The van der Waals surface area contributed by atoms with E-state index in [4.69, 9.17) is 0 Å². The molecular weight excluding hydrogens is 457 g/mol. The largest absolute Gasteiger partial charge is 0.354 e. The van der Waals surface area contributed by atoms with E-state index in [0.29, 0.717) is 24.2 Å². The van der Waals surface area contributed by atoms with Crippen molar-refractivity contribution in [2.45, 2.75) is 52.6 Å². The van der Waals surface area contributed by atoms with Crippen molar-refractivity contribution >= 4 is 27.5 Å². The number of hydrogen-bond donors (Lipinski definition) is 1. The fourth-order valence-corrected chi connectivity index (χ4v) is 4.43. The first kappa shape index (κ1) is 27.3.